The lowest BCUT2D eigenvalue weighted by Gasteiger charge is -2.22. The van der Waals surface area contributed by atoms with Crippen LogP contribution in [-0.2, 0) is 10.0 Å². The number of hydrogen-bond donors (Lipinski definition) is 1. The molecule has 0 aliphatic heterocycles. The van der Waals surface area contributed by atoms with Crippen LogP contribution in [0, 0.1) is 13.8 Å². The predicted octanol–water partition coefficient (Wildman–Crippen LogP) is 3.19. The summed E-state index contributed by atoms with van der Waals surface area (Å²) in [5, 5.41) is 2.83. The van der Waals surface area contributed by atoms with E-state index >= 15 is 0 Å². The fraction of sp³-hybridized carbons (Fsp3) is 0.550. The number of rotatable bonds is 8. The lowest BCUT2D eigenvalue weighted by atomic mass is 9.97. The summed E-state index contributed by atoms with van der Waals surface area (Å²) in [7, 11) is -3.29. The van der Waals surface area contributed by atoms with Gasteiger partial charge in [0, 0.05) is 25.2 Å². The molecule has 1 amide bonds. The van der Waals surface area contributed by atoms with E-state index in [-0.39, 0.29) is 5.91 Å². The van der Waals surface area contributed by atoms with Gasteiger partial charge in [0.2, 0.25) is 10.0 Å². The Morgan fingerprint density at radius 1 is 1.15 bits per heavy atom. The highest BCUT2D eigenvalue weighted by Crippen LogP contribution is 2.20. The van der Waals surface area contributed by atoms with Crippen LogP contribution in [0.2, 0.25) is 0 Å². The molecule has 1 aromatic rings. The molecule has 1 aliphatic rings. The van der Waals surface area contributed by atoms with Crippen molar-refractivity contribution < 1.29 is 13.2 Å². The van der Waals surface area contributed by atoms with Crippen LogP contribution in [0.5, 0.6) is 0 Å². The molecule has 0 spiro atoms. The number of sulfonamides is 1. The van der Waals surface area contributed by atoms with Crippen LogP contribution >= 0.6 is 0 Å². The van der Waals surface area contributed by atoms with Gasteiger partial charge >= 0.3 is 0 Å². The summed E-state index contributed by atoms with van der Waals surface area (Å²) in [5.74, 6) is -0.170. The summed E-state index contributed by atoms with van der Waals surface area (Å²) >= 11 is 0. The minimum Gasteiger partial charge on any atom is -0.351 e. The normalized spacial score (nSPS) is 15.0. The molecule has 1 aliphatic carbocycles. The highest BCUT2D eigenvalue weighted by molar-refractivity contribution is 7.88. The van der Waals surface area contributed by atoms with Gasteiger partial charge in [0.1, 0.15) is 0 Å². The number of hydrogen-bond acceptors (Lipinski definition) is 3. The maximum Gasteiger partial charge on any atom is 0.251 e. The zero-order chi connectivity index (χ0) is 19.2. The Bertz CT molecular complexity index is 769. The van der Waals surface area contributed by atoms with E-state index in [1.807, 2.05) is 26.0 Å². The lowest BCUT2D eigenvalue weighted by Crippen LogP contribution is -2.38. The van der Waals surface area contributed by atoms with Gasteiger partial charge in [0.05, 0.1) is 6.26 Å². The molecule has 1 N–H and O–H groups in total. The number of nitrogens with one attached hydrogen (secondary N) is 1. The first kappa shape index (κ1) is 20.6. The summed E-state index contributed by atoms with van der Waals surface area (Å²) in [6.45, 7) is 5.05. The number of nitrogens with zero attached hydrogens (tertiary/aromatic N) is 1. The van der Waals surface area contributed by atoms with E-state index in [4.69, 9.17) is 0 Å². The largest absolute Gasteiger partial charge is 0.351 e. The fourth-order valence-corrected chi connectivity index (χ4v) is 3.97. The van der Waals surface area contributed by atoms with Crippen LogP contribution in [0.4, 0.5) is 0 Å². The maximum atomic E-state index is 12.3. The molecule has 1 aromatic carbocycles. The van der Waals surface area contributed by atoms with Crippen molar-refractivity contribution in [3.8, 4) is 0 Å². The third-order valence-corrected chi connectivity index (χ3v) is 6.26. The molecule has 5 nitrogen and oxygen atoms in total. The first-order chi connectivity index (χ1) is 12.3. The van der Waals surface area contributed by atoms with Crippen molar-refractivity contribution in [2.45, 2.75) is 46.0 Å². The molecule has 6 heteroatoms. The van der Waals surface area contributed by atoms with Crippen LogP contribution in [0.15, 0.2) is 29.8 Å². The summed E-state index contributed by atoms with van der Waals surface area (Å²) in [6.07, 6.45) is 8.83. The average molecular weight is 379 g/mol. The van der Waals surface area contributed by atoms with Crippen LogP contribution in [0.1, 0.15) is 53.6 Å². The second-order valence-corrected chi connectivity index (χ2v) is 9.06. The van der Waals surface area contributed by atoms with E-state index < -0.39 is 10.0 Å². The molecule has 0 saturated carbocycles. The SMILES string of the molecule is Cc1ccc(C(=O)NCCN(CCC2=CCCCC2)S(C)(=O)=O)cc1C. The molecule has 26 heavy (non-hydrogen) atoms. The van der Waals surface area contributed by atoms with Crippen molar-refractivity contribution in [1.29, 1.82) is 0 Å². The van der Waals surface area contributed by atoms with Gasteiger partial charge in [-0.15, -0.1) is 0 Å². The predicted molar refractivity (Wildman–Crippen MR) is 106 cm³/mol. The van der Waals surface area contributed by atoms with Crippen molar-refractivity contribution in [2.75, 3.05) is 25.9 Å². The van der Waals surface area contributed by atoms with Gasteiger partial charge in [-0.1, -0.05) is 17.7 Å². The van der Waals surface area contributed by atoms with Crippen LogP contribution in [-0.4, -0.2) is 44.5 Å². The van der Waals surface area contributed by atoms with E-state index in [0.717, 1.165) is 30.4 Å². The Morgan fingerprint density at radius 3 is 2.54 bits per heavy atom. The molecule has 144 valence electrons. The summed E-state index contributed by atoms with van der Waals surface area (Å²) in [5.41, 5.74) is 4.16. The molecule has 0 radical (unpaired) electrons. The minimum atomic E-state index is -3.29. The van der Waals surface area contributed by atoms with Gasteiger partial charge in [-0.25, -0.2) is 12.7 Å². The van der Waals surface area contributed by atoms with Gasteiger partial charge in [-0.3, -0.25) is 4.79 Å². The highest BCUT2D eigenvalue weighted by atomic mass is 32.2. The van der Waals surface area contributed by atoms with Crippen molar-refractivity contribution >= 4 is 15.9 Å². The number of allylic oxidation sites excluding steroid dienone is 1. The maximum absolute atomic E-state index is 12.3. The van der Waals surface area contributed by atoms with Crippen molar-refractivity contribution in [3.63, 3.8) is 0 Å². The molecule has 0 aromatic heterocycles. The number of aryl methyl sites for hydroxylation is 2. The number of benzene rings is 1. The molecule has 2 rings (SSSR count). The first-order valence-electron chi connectivity index (χ1n) is 9.26. The van der Waals surface area contributed by atoms with Gasteiger partial charge in [-0.2, -0.15) is 0 Å². The lowest BCUT2D eigenvalue weighted by molar-refractivity contribution is 0.0951. The van der Waals surface area contributed by atoms with E-state index in [1.165, 1.54) is 29.0 Å². The third kappa shape index (κ3) is 6.25. The highest BCUT2D eigenvalue weighted by Gasteiger charge is 2.17. The Hall–Kier alpha value is -1.66. The number of amides is 1. The molecular weight excluding hydrogens is 348 g/mol. The molecule has 0 heterocycles. The summed E-state index contributed by atoms with van der Waals surface area (Å²) in [4.78, 5) is 12.3. The zero-order valence-electron chi connectivity index (χ0n) is 16.0. The second-order valence-electron chi connectivity index (χ2n) is 7.08. The Labute approximate surface area is 157 Å². The van der Waals surface area contributed by atoms with Crippen LogP contribution in [0.25, 0.3) is 0 Å². The van der Waals surface area contributed by atoms with Gasteiger partial charge in [0.15, 0.2) is 0 Å². The summed E-state index contributed by atoms with van der Waals surface area (Å²) < 4.78 is 25.5. The van der Waals surface area contributed by atoms with E-state index in [9.17, 15) is 13.2 Å². The summed E-state index contributed by atoms with van der Waals surface area (Å²) in [6, 6.07) is 5.57. The Balaban J connectivity index is 1.87. The zero-order valence-corrected chi connectivity index (χ0v) is 16.9. The topological polar surface area (TPSA) is 66.5 Å². The second kappa shape index (κ2) is 9.33. The molecule has 0 bridgehead atoms. The smallest absolute Gasteiger partial charge is 0.251 e. The van der Waals surface area contributed by atoms with Gasteiger partial charge in [-0.05, 0) is 69.2 Å². The fourth-order valence-electron chi connectivity index (χ4n) is 3.12. The van der Waals surface area contributed by atoms with Gasteiger partial charge < -0.3 is 5.32 Å². The average Bonchev–Trinajstić information content (AvgIpc) is 2.60. The molecule has 0 saturated heterocycles. The monoisotopic (exact) mass is 378 g/mol. The number of carbonyl (C=O) groups excluding carboxylic acids is 1. The minimum absolute atomic E-state index is 0.170. The Morgan fingerprint density at radius 2 is 1.92 bits per heavy atom. The Kier molecular flexibility index (Phi) is 7.41. The van der Waals surface area contributed by atoms with E-state index in [1.54, 1.807) is 6.07 Å². The van der Waals surface area contributed by atoms with Crippen molar-refractivity contribution in [3.05, 3.63) is 46.5 Å². The molecule has 0 atom stereocenters. The van der Waals surface area contributed by atoms with E-state index in [2.05, 4.69) is 11.4 Å². The standard InChI is InChI=1S/C20H30N2O3S/c1-16-9-10-19(15-17(16)2)20(23)21-12-14-22(26(3,24)25)13-11-18-7-5-4-6-8-18/h7,9-10,15H,4-6,8,11-14H2,1-3H3,(H,21,23). The van der Waals surface area contributed by atoms with Gasteiger partial charge in [0.25, 0.3) is 5.91 Å². The van der Waals surface area contributed by atoms with Crippen molar-refractivity contribution in [2.24, 2.45) is 0 Å². The molecular formula is C20H30N2O3S. The number of carbonyl (C=O) groups is 1. The van der Waals surface area contributed by atoms with Crippen LogP contribution in [0.3, 0.4) is 0 Å². The molecule has 0 unspecified atom stereocenters. The van der Waals surface area contributed by atoms with Crippen LogP contribution < -0.4 is 5.32 Å². The molecule has 0 fully saturated rings. The first-order valence-corrected chi connectivity index (χ1v) is 11.1. The van der Waals surface area contributed by atoms with E-state index in [0.29, 0.717) is 25.2 Å². The van der Waals surface area contributed by atoms with Crippen molar-refractivity contribution in [1.82, 2.24) is 9.62 Å². The third-order valence-electron chi connectivity index (χ3n) is 4.95. The quantitative estimate of drug-likeness (QED) is 0.707.